The minimum atomic E-state index is 0.00199. The zero-order valence-electron chi connectivity index (χ0n) is 6.37. The van der Waals surface area contributed by atoms with Crippen molar-refractivity contribution in [1.29, 1.82) is 0 Å². The van der Waals surface area contributed by atoms with Crippen LogP contribution in [0.4, 0.5) is 0 Å². The summed E-state index contributed by atoms with van der Waals surface area (Å²) in [5.74, 6) is 0.129. The second-order valence-corrected chi connectivity index (χ2v) is 3.34. The van der Waals surface area contributed by atoms with Crippen LogP contribution in [0.15, 0.2) is 0 Å². The van der Waals surface area contributed by atoms with Crippen LogP contribution >= 0.6 is 0 Å². The molecule has 1 aromatic rings. The molecule has 3 N–H and O–H groups in total. The maximum Gasteiger partial charge on any atom is 0.197 e. The fourth-order valence-electron chi connectivity index (χ4n) is 2.22. The molecule has 2 atom stereocenters. The van der Waals surface area contributed by atoms with E-state index in [-0.39, 0.29) is 24.0 Å². The maximum absolute atomic E-state index is 9.38. The summed E-state index contributed by atoms with van der Waals surface area (Å²) in [6, 6.07) is 0. The highest BCUT2D eigenvalue weighted by atomic mass is 16.5. The fourth-order valence-corrected chi connectivity index (χ4v) is 2.22. The number of hydrogen-bond donors (Lipinski definition) is 3. The van der Waals surface area contributed by atoms with Crippen molar-refractivity contribution in [3.8, 4) is 11.8 Å². The van der Waals surface area contributed by atoms with Crippen LogP contribution in [0.2, 0.25) is 0 Å². The molecule has 3 heterocycles. The predicted octanol–water partition coefficient (Wildman–Crippen LogP) is 1.33. The molecule has 2 aliphatic rings. The molecule has 0 amide bonds. The minimum absolute atomic E-state index is 0.00199. The Bertz CT molecular complexity index is 314. The molecule has 2 unspecified atom stereocenters. The Morgan fingerprint density at radius 2 is 1.58 bits per heavy atom. The van der Waals surface area contributed by atoms with Crippen LogP contribution in [0.3, 0.4) is 0 Å². The topological polar surface area (TPSA) is 65.5 Å². The average molecular weight is 167 g/mol. The first kappa shape index (κ1) is 6.37. The van der Waals surface area contributed by atoms with Crippen LogP contribution in [0.25, 0.3) is 0 Å². The summed E-state index contributed by atoms with van der Waals surface area (Å²) in [7, 11) is 0. The Labute approximate surface area is 68.8 Å². The second-order valence-electron chi connectivity index (χ2n) is 3.34. The van der Waals surface area contributed by atoms with Crippen molar-refractivity contribution >= 4 is 0 Å². The van der Waals surface area contributed by atoms with Crippen LogP contribution in [0.1, 0.15) is 36.2 Å². The molecule has 4 heteroatoms. The molecule has 1 saturated heterocycles. The molecule has 0 spiro atoms. The van der Waals surface area contributed by atoms with Gasteiger partial charge in [-0.3, -0.25) is 4.98 Å². The largest absolute Gasteiger partial charge is 0.494 e. The standard InChI is InChI=1S/C8H9NO3/c10-7-5-3-1-2-4(12-3)6(5)8(11)9-7/h3-4,9-11H,1-2H2. The van der Waals surface area contributed by atoms with Gasteiger partial charge in [0.2, 0.25) is 0 Å². The van der Waals surface area contributed by atoms with E-state index in [0.29, 0.717) is 0 Å². The van der Waals surface area contributed by atoms with E-state index < -0.39 is 0 Å². The summed E-state index contributed by atoms with van der Waals surface area (Å²) in [5.41, 5.74) is 1.53. The molecule has 0 aliphatic carbocycles. The Morgan fingerprint density at radius 3 is 2.08 bits per heavy atom. The van der Waals surface area contributed by atoms with E-state index >= 15 is 0 Å². The molecule has 3 rings (SSSR count). The van der Waals surface area contributed by atoms with Crippen LogP contribution in [-0.4, -0.2) is 15.2 Å². The third-order valence-electron chi connectivity index (χ3n) is 2.70. The Hall–Kier alpha value is -1.16. The highest BCUT2D eigenvalue weighted by Crippen LogP contribution is 2.56. The van der Waals surface area contributed by atoms with Gasteiger partial charge in [-0.05, 0) is 12.8 Å². The summed E-state index contributed by atoms with van der Waals surface area (Å²) >= 11 is 0. The average Bonchev–Trinajstić information content (AvgIpc) is 2.64. The number of aromatic hydroxyl groups is 2. The molecule has 12 heavy (non-hydrogen) atoms. The van der Waals surface area contributed by atoms with Gasteiger partial charge < -0.3 is 14.9 Å². The maximum atomic E-state index is 9.38. The van der Waals surface area contributed by atoms with Crippen LogP contribution in [-0.2, 0) is 4.74 Å². The van der Waals surface area contributed by atoms with Crippen molar-refractivity contribution in [3.05, 3.63) is 11.1 Å². The molecule has 0 aromatic carbocycles. The van der Waals surface area contributed by atoms with Gasteiger partial charge in [0.05, 0.1) is 23.3 Å². The van der Waals surface area contributed by atoms with Gasteiger partial charge in [0.1, 0.15) is 0 Å². The van der Waals surface area contributed by atoms with E-state index in [9.17, 15) is 10.2 Å². The lowest BCUT2D eigenvalue weighted by Crippen LogP contribution is -1.93. The fraction of sp³-hybridized carbons (Fsp3) is 0.500. The summed E-state index contributed by atoms with van der Waals surface area (Å²) in [4.78, 5) is 2.51. The van der Waals surface area contributed by atoms with E-state index in [1.165, 1.54) is 0 Å². The van der Waals surface area contributed by atoms with Gasteiger partial charge in [-0.2, -0.15) is 0 Å². The smallest absolute Gasteiger partial charge is 0.197 e. The summed E-state index contributed by atoms with van der Waals surface area (Å²) in [6.07, 6.45) is 1.90. The molecular formula is C8H9NO3. The molecular weight excluding hydrogens is 158 g/mol. The van der Waals surface area contributed by atoms with Crippen LogP contribution < -0.4 is 0 Å². The summed E-state index contributed by atoms with van der Waals surface area (Å²) in [5, 5.41) is 18.8. The summed E-state index contributed by atoms with van der Waals surface area (Å²) < 4.78 is 5.50. The molecule has 64 valence electrons. The lowest BCUT2D eigenvalue weighted by Gasteiger charge is -2.04. The normalized spacial score (nSPS) is 31.0. The van der Waals surface area contributed by atoms with Crippen molar-refractivity contribution in [1.82, 2.24) is 4.98 Å². The monoisotopic (exact) mass is 167 g/mol. The Balaban J connectivity index is 2.28. The second kappa shape index (κ2) is 1.77. The third kappa shape index (κ3) is 0.536. The van der Waals surface area contributed by atoms with Gasteiger partial charge in [0, 0.05) is 0 Å². The van der Waals surface area contributed by atoms with Crippen molar-refractivity contribution in [3.63, 3.8) is 0 Å². The van der Waals surface area contributed by atoms with Crippen molar-refractivity contribution in [2.45, 2.75) is 25.0 Å². The van der Waals surface area contributed by atoms with Gasteiger partial charge in [-0.15, -0.1) is 0 Å². The van der Waals surface area contributed by atoms with Gasteiger partial charge in [-0.1, -0.05) is 0 Å². The van der Waals surface area contributed by atoms with Gasteiger partial charge in [-0.25, -0.2) is 0 Å². The zero-order chi connectivity index (χ0) is 8.29. The molecule has 0 radical (unpaired) electrons. The highest BCUT2D eigenvalue weighted by Gasteiger charge is 2.43. The van der Waals surface area contributed by atoms with Gasteiger partial charge in [0.15, 0.2) is 11.8 Å². The van der Waals surface area contributed by atoms with Gasteiger partial charge in [0.25, 0.3) is 0 Å². The van der Waals surface area contributed by atoms with E-state index in [1.54, 1.807) is 0 Å². The number of hydrogen-bond acceptors (Lipinski definition) is 3. The lowest BCUT2D eigenvalue weighted by atomic mass is 9.95. The van der Waals surface area contributed by atoms with Crippen LogP contribution in [0, 0.1) is 0 Å². The van der Waals surface area contributed by atoms with E-state index in [4.69, 9.17) is 4.74 Å². The summed E-state index contributed by atoms with van der Waals surface area (Å²) in [6.45, 7) is 0. The third-order valence-corrected chi connectivity index (χ3v) is 2.70. The quantitative estimate of drug-likeness (QED) is 0.546. The molecule has 0 saturated carbocycles. The number of H-pyrrole nitrogens is 1. The Morgan fingerprint density at radius 1 is 1.08 bits per heavy atom. The van der Waals surface area contributed by atoms with E-state index in [1.807, 2.05) is 0 Å². The first-order valence-corrected chi connectivity index (χ1v) is 4.06. The van der Waals surface area contributed by atoms with Crippen molar-refractivity contribution < 1.29 is 14.9 Å². The van der Waals surface area contributed by atoms with Crippen LogP contribution in [0.5, 0.6) is 11.8 Å². The lowest BCUT2D eigenvalue weighted by molar-refractivity contribution is 0.0687. The van der Waals surface area contributed by atoms with E-state index in [2.05, 4.69) is 4.98 Å². The number of fused-ring (bicyclic) bond motifs is 5. The number of nitrogens with one attached hydrogen (secondary N) is 1. The zero-order valence-corrected chi connectivity index (χ0v) is 6.37. The number of rotatable bonds is 0. The Kier molecular flexibility index (Phi) is 0.939. The predicted molar refractivity (Wildman–Crippen MR) is 39.9 cm³/mol. The highest BCUT2D eigenvalue weighted by molar-refractivity contribution is 5.50. The van der Waals surface area contributed by atoms with Gasteiger partial charge >= 0.3 is 0 Å². The SMILES string of the molecule is Oc1[nH]c(O)c2c1C1CCC2O1. The number of aromatic amines is 1. The van der Waals surface area contributed by atoms with Crippen molar-refractivity contribution in [2.75, 3.05) is 0 Å². The molecule has 1 fully saturated rings. The molecule has 4 nitrogen and oxygen atoms in total. The van der Waals surface area contributed by atoms with E-state index in [0.717, 1.165) is 24.0 Å². The molecule has 2 aliphatic heterocycles. The number of ether oxygens (including phenoxy) is 1. The van der Waals surface area contributed by atoms with Crippen molar-refractivity contribution in [2.24, 2.45) is 0 Å². The number of aromatic nitrogens is 1. The molecule has 1 aromatic heterocycles. The minimum Gasteiger partial charge on any atom is -0.494 e. The first-order valence-electron chi connectivity index (χ1n) is 4.06. The molecule has 2 bridgehead atoms. The first-order chi connectivity index (χ1) is 5.77.